The average molecular weight is 338 g/mol. The van der Waals surface area contributed by atoms with Crippen molar-refractivity contribution in [2.24, 2.45) is 11.8 Å². The summed E-state index contributed by atoms with van der Waals surface area (Å²) in [5.74, 6) is 2.21. The highest BCUT2D eigenvalue weighted by atomic mass is 32.2. The second kappa shape index (κ2) is 7.80. The predicted octanol–water partition coefficient (Wildman–Crippen LogP) is 3.95. The van der Waals surface area contributed by atoms with Crippen molar-refractivity contribution < 1.29 is 8.95 Å². The van der Waals surface area contributed by atoms with Gasteiger partial charge in [-0.3, -0.25) is 9.11 Å². The van der Waals surface area contributed by atoms with Crippen molar-refractivity contribution in [3.63, 3.8) is 0 Å². The minimum Gasteiger partial charge on any atom is -0.493 e. The molecular formula is C19H31NO2S. The molecule has 0 bridgehead atoms. The van der Waals surface area contributed by atoms with Crippen molar-refractivity contribution in [3.8, 4) is 5.75 Å². The summed E-state index contributed by atoms with van der Waals surface area (Å²) in [6, 6.07) is 7.62. The summed E-state index contributed by atoms with van der Waals surface area (Å²) in [7, 11) is -0.927. The summed E-state index contributed by atoms with van der Waals surface area (Å²) in [6.45, 7) is 12.3. The molecule has 23 heavy (non-hydrogen) atoms. The van der Waals surface area contributed by atoms with Crippen LogP contribution < -0.4 is 4.74 Å². The van der Waals surface area contributed by atoms with Gasteiger partial charge in [0.05, 0.1) is 6.61 Å². The fraction of sp³-hybridized carbons (Fsp3) is 0.684. The largest absolute Gasteiger partial charge is 0.493 e. The van der Waals surface area contributed by atoms with E-state index in [1.54, 1.807) is 6.26 Å². The molecule has 3 nitrogen and oxygen atoms in total. The Morgan fingerprint density at radius 3 is 2.52 bits per heavy atom. The highest BCUT2D eigenvalue weighted by molar-refractivity contribution is 7.84. The molecule has 1 heterocycles. The molecule has 0 spiro atoms. The minimum absolute atomic E-state index is 0.270. The monoisotopic (exact) mass is 337 g/mol. The molecular weight excluding hydrogens is 306 g/mol. The molecule has 0 saturated carbocycles. The van der Waals surface area contributed by atoms with Crippen LogP contribution in [0.15, 0.2) is 29.2 Å². The molecule has 0 aromatic heterocycles. The number of rotatable bonds is 7. The van der Waals surface area contributed by atoms with E-state index >= 15 is 0 Å². The molecule has 2 rings (SSSR count). The standard InChI is InChI=1S/C19H31NO2S/c1-15(2)10-11-20-13-16(12-19(20,3)4)14-22-17-6-8-18(9-7-17)23(5)21/h6-9,15-16H,10-14H2,1-5H3. The van der Waals surface area contributed by atoms with Gasteiger partial charge in [0, 0.05) is 40.0 Å². The molecule has 0 aliphatic carbocycles. The maximum atomic E-state index is 11.4. The zero-order chi connectivity index (χ0) is 17.0. The topological polar surface area (TPSA) is 29.5 Å². The van der Waals surface area contributed by atoms with E-state index in [0.29, 0.717) is 5.92 Å². The van der Waals surface area contributed by atoms with Crippen LogP contribution >= 0.6 is 0 Å². The first-order valence-electron chi connectivity index (χ1n) is 8.59. The van der Waals surface area contributed by atoms with Gasteiger partial charge in [-0.15, -0.1) is 0 Å². The molecule has 1 aromatic carbocycles. The van der Waals surface area contributed by atoms with Crippen LogP contribution in [0, 0.1) is 11.8 Å². The molecule has 1 aliphatic heterocycles. The Kier molecular flexibility index (Phi) is 6.26. The van der Waals surface area contributed by atoms with Gasteiger partial charge in [-0.05, 0) is 63.4 Å². The zero-order valence-electron chi connectivity index (χ0n) is 15.2. The highest BCUT2D eigenvalue weighted by Gasteiger charge is 2.38. The summed E-state index contributed by atoms with van der Waals surface area (Å²) in [6.07, 6.45) is 4.14. The van der Waals surface area contributed by atoms with E-state index in [2.05, 4.69) is 32.6 Å². The predicted molar refractivity (Wildman–Crippen MR) is 97.5 cm³/mol. The van der Waals surface area contributed by atoms with Gasteiger partial charge in [0.25, 0.3) is 0 Å². The van der Waals surface area contributed by atoms with Crippen molar-refractivity contribution in [2.45, 2.75) is 51.0 Å². The van der Waals surface area contributed by atoms with Crippen LogP contribution in [-0.2, 0) is 10.8 Å². The molecule has 0 N–H and O–H groups in total. The Balaban J connectivity index is 1.85. The molecule has 4 heteroatoms. The lowest BCUT2D eigenvalue weighted by Gasteiger charge is -2.31. The Labute approximate surface area is 143 Å². The van der Waals surface area contributed by atoms with Crippen LogP contribution in [-0.4, -0.2) is 40.6 Å². The van der Waals surface area contributed by atoms with Gasteiger partial charge in [0.1, 0.15) is 5.75 Å². The van der Waals surface area contributed by atoms with Crippen LogP contribution in [0.3, 0.4) is 0 Å². The van der Waals surface area contributed by atoms with E-state index in [0.717, 1.165) is 29.7 Å². The van der Waals surface area contributed by atoms with Crippen LogP contribution in [0.5, 0.6) is 5.75 Å². The third-order valence-electron chi connectivity index (χ3n) is 4.74. The number of likely N-dealkylation sites (tertiary alicyclic amines) is 1. The molecule has 1 aromatic rings. The third kappa shape index (κ3) is 5.32. The highest BCUT2D eigenvalue weighted by Crippen LogP contribution is 2.33. The first kappa shape index (κ1) is 18.5. The quantitative estimate of drug-likeness (QED) is 0.754. The SMILES string of the molecule is CC(C)CCN1CC(COc2ccc(S(C)=O)cc2)CC1(C)C. The fourth-order valence-electron chi connectivity index (χ4n) is 3.32. The average Bonchev–Trinajstić information content (AvgIpc) is 2.77. The van der Waals surface area contributed by atoms with Crippen molar-refractivity contribution in [2.75, 3.05) is 26.0 Å². The summed E-state index contributed by atoms with van der Waals surface area (Å²) in [4.78, 5) is 3.46. The second-order valence-corrected chi connectivity index (χ2v) is 9.13. The minimum atomic E-state index is -0.927. The van der Waals surface area contributed by atoms with Gasteiger partial charge in [-0.1, -0.05) is 13.8 Å². The fourth-order valence-corrected chi connectivity index (χ4v) is 3.84. The Hall–Kier alpha value is -0.870. The molecule has 130 valence electrons. The van der Waals surface area contributed by atoms with Crippen molar-refractivity contribution in [1.82, 2.24) is 4.90 Å². The van der Waals surface area contributed by atoms with E-state index in [9.17, 15) is 4.21 Å². The molecule has 0 radical (unpaired) electrons. The smallest absolute Gasteiger partial charge is 0.119 e. The van der Waals surface area contributed by atoms with Crippen molar-refractivity contribution in [1.29, 1.82) is 0 Å². The maximum Gasteiger partial charge on any atom is 0.119 e. The molecule has 1 aliphatic rings. The van der Waals surface area contributed by atoms with Gasteiger partial charge in [0.2, 0.25) is 0 Å². The van der Waals surface area contributed by atoms with Crippen molar-refractivity contribution >= 4 is 10.8 Å². The first-order chi connectivity index (χ1) is 10.8. The summed E-state index contributed by atoms with van der Waals surface area (Å²) in [5.41, 5.74) is 0.270. The van der Waals surface area contributed by atoms with E-state index in [1.807, 2.05) is 24.3 Å². The van der Waals surface area contributed by atoms with Crippen LogP contribution in [0.2, 0.25) is 0 Å². The van der Waals surface area contributed by atoms with E-state index in [-0.39, 0.29) is 5.54 Å². The molecule has 2 atom stereocenters. The van der Waals surface area contributed by atoms with Gasteiger partial charge in [-0.25, -0.2) is 0 Å². The second-order valence-electron chi connectivity index (χ2n) is 7.75. The third-order valence-corrected chi connectivity index (χ3v) is 5.68. The lowest BCUT2D eigenvalue weighted by Crippen LogP contribution is -2.39. The summed E-state index contributed by atoms with van der Waals surface area (Å²) >= 11 is 0. The van der Waals surface area contributed by atoms with Crippen LogP contribution in [0.25, 0.3) is 0 Å². The summed E-state index contributed by atoms with van der Waals surface area (Å²) in [5, 5.41) is 0. The Morgan fingerprint density at radius 1 is 1.30 bits per heavy atom. The number of ether oxygens (including phenoxy) is 1. The van der Waals surface area contributed by atoms with E-state index in [4.69, 9.17) is 4.74 Å². The van der Waals surface area contributed by atoms with Gasteiger partial charge in [0.15, 0.2) is 0 Å². The Morgan fingerprint density at radius 2 is 1.96 bits per heavy atom. The normalized spacial score (nSPS) is 22.4. The van der Waals surface area contributed by atoms with Crippen LogP contribution in [0.4, 0.5) is 0 Å². The Bertz CT molecular complexity index is 525. The number of benzene rings is 1. The molecule has 2 unspecified atom stereocenters. The van der Waals surface area contributed by atoms with Crippen LogP contribution in [0.1, 0.15) is 40.5 Å². The lowest BCUT2D eigenvalue weighted by atomic mass is 9.96. The number of nitrogens with zero attached hydrogens (tertiary/aromatic N) is 1. The summed E-state index contributed by atoms with van der Waals surface area (Å²) < 4.78 is 17.4. The van der Waals surface area contributed by atoms with Crippen molar-refractivity contribution in [3.05, 3.63) is 24.3 Å². The lowest BCUT2D eigenvalue weighted by molar-refractivity contribution is 0.165. The first-order valence-corrected chi connectivity index (χ1v) is 10.1. The van der Waals surface area contributed by atoms with E-state index in [1.165, 1.54) is 19.4 Å². The molecule has 1 fully saturated rings. The van der Waals surface area contributed by atoms with Gasteiger partial charge in [-0.2, -0.15) is 0 Å². The van der Waals surface area contributed by atoms with E-state index < -0.39 is 10.8 Å². The van der Waals surface area contributed by atoms with Gasteiger partial charge < -0.3 is 4.74 Å². The number of hydrogen-bond acceptors (Lipinski definition) is 3. The maximum absolute atomic E-state index is 11.4. The zero-order valence-corrected chi connectivity index (χ0v) is 16.0. The van der Waals surface area contributed by atoms with Gasteiger partial charge >= 0.3 is 0 Å². The molecule has 0 amide bonds. The number of hydrogen-bond donors (Lipinski definition) is 0. The molecule has 1 saturated heterocycles.